The number of aromatic nitrogens is 4. The van der Waals surface area contributed by atoms with Crippen molar-refractivity contribution in [3.05, 3.63) is 90.5 Å². The molecular formula is C26H20F2N4O. The van der Waals surface area contributed by atoms with Crippen LogP contribution in [0.2, 0.25) is 0 Å². The van der Waals surface area contributed by atoms with Gasteiger partial charge >= 0.3 is 0 Å². The molecule has 0 bridgehead atoms. The molecule has 0 fully saturated rings. The van der Waals surface area contributed by atoms with E-state index in [-0.39, 0.29) is 17.8 Å². The number of nitrogens with zero attached hydrogens (tertiary/aromatic N) is 4. The monoisotopic (exact) mass is 442 g/mol. The molecule has 0 amide bonds. The van der Waals surface area contributed by atoms with Crippen molar-refractivity contribution in [2.75, 3.05) is 0 Å². The zero-order valence-electron chi connectivity index (χ0n) is 18.1. The van der Waals surface area contributed by atoms with Crippen LogP contribution in [0.1, 0.15) is 12.5 Å². The minimum absolute atomic E-state index is 0.00125. The van der Waals surface area contributed by atoms with E-state index in [0.717, 1.165) is 39.4 Å². The third-order valence-electron chi connectivity index (χ3n) is 5.55. The molecule has 0 unspecified atom stereocenters. The molecule has 0 aliphatic rings. The van der Waals surface area contributed by atoms with Crippen molar-refractivity contribution in [3.8, 4) is 33.4 Å². The third kappa shape index (κ3) is 4.05. The van der Waals surface area contributed by atoms with Gasteiger partial charge in [-0.1, -0.05) is 18.2 Å². The number of rotatable bonds is 5. The zero-order chi connectivity index (χ0) is 23.1. The molecule has 0 spiro atoms. The Bertz CT molecular complexity index is 1520. The Morgan fingerprint density at radius 3 is 2.33 bits per heavy atom. The van der Waals surface area contributed by atoms with Crippen LogP contribution in [0, 0.1) is 11.6 Å². The normalized spacial score (nSPS) is 11.3. The summed E-state index contributed by atoms with van der Waals surface area (Å²) in [6, 6.07) is 13.0. The van der Waals surface area contributed by atoms with Crippen LogP contribution in [0.25, 0.3) is 38.9 Å². The largest absolute Gasteiger partial charge is 0.300 e. The number of ketones is 1. The summed E-state index contributed by atoms with van der Waals surface area (Å²) >= 11 is 0. The highest BCUT2D eigenvalue weighted by molar-refractivity contribution is 5.86. The number of halogens is 2. The second-order valence-electron chi connectivity index (χ2n) is 8.13. The smallest absolute Gasteiger partial charge is 0.134 e. The van der Waals surface area contributed by atoms with E-state index in [9.17, 15) is 13.6 Å². The first kappa shape index (κ1) is 20.8. The van der Waals surface area contributed by atoms with Crippen molar-refractivity contribution >= 4 is 11.3 Å². The lowest BCUT2D eigenvalue weighted by Gasteiger charge is -2.10. The first-order valence-corrected chi connectivity index (χ1v) is 10.4. The molecule has 0 aliphatic carbocycles. The molecule has 0 atom stereocenters. The van der Waals surface area contributed by atoms with Crippen LogP contribution in [0.4, 0.5) is 8.78 Å². The molecule has 3 heterocycles. The number of aryl methyl sites for hydroxylation is 1. The highest BCUT2D eigenvalue weighted by atomic mass is 19.1. The van der Waals surface area contributed by atoms with Gasteiger partial charge in [0.15, 0.2) is 0 Å². The van der Waals surface area contributed by atoms with Gasteiger partial charge in [-0.15, -0.1) is 0 Å². The predicted octanol–water partition coefficient (Wildman–Crippen LogP) is 5.48. The molecule has 0 N–H and O–H groups in total. The number of Topliss-reactive ketones (excluding diaryl/α,β-unsaturated/α-hetero) is 1. The van der Waals surface area contributed by atoms with Gasteiger partial charge in [0.1, 0.15) is 17.4 Å². The molecule has 3 aromatic heterocycles. The Hall–Kier alpha value is -4.13. The molecule has 33 heavy (non-hydrogen) atoms. The molecule has 164 valence electrons. The van der Waals surface area contributed by atoms with Crippen molar-refractivity contribution in [3.63, 3.8) is 0 Å². The van der Waals surface area contributed by atoms with E-state index < -0.39 is 11.6 Å². The van der Waals surface area contributed by atoms with Gasteiger partial charge in [0.25, 0.3) is 0 Å². The minimum Gasteiger partial charge on any atom is -0.300 e. The molecule has 5 aromatic rings. The number of carbonyl (C=O) groups is 1. The summed E-state index contributed by atoms with van der Waals surface area (Å²) in [5.41, 5.74) is 6.08. The molecule has 5 rings (SSSR count). The maximum absolute atomic E-state index is 14.5. The summed E-state index contributed by atoms with van der Waals surface area (Å²) in [5, 5.41) is 8.72. The second kappa shape index (κ2) is 8.09. The number of hydrogen-bond acceptors (Lipinski definition) is 3. The van der Waals surface area contributed by atoms with E-state index in [4.69, 9.17) is 0 Å². The topological polar surface area (TPSA) is 52.2 Å². The molecule has 0 aliphatic heterocycles. The van der Waals surface area contributed by atoms with Crippen LogP contribution in [0.15, 0.2) is 73.3 Å². The third-order valence-corrected chi connectivity index (χ3v) is 5.55. The van der Waals surface area contributed by atoms with Crippen LogP contribution in [-0.4, -0.2) is 25.2 Å². The quantitative estimate of drug-likeness (QED) is 0.362. The lowest BCUT2D eigenvalue weighted by atomic mass is 9.94. The number of fused-ring (bicyclic) bond motifs is 1. The van der Waals surface area contributed by atoms with Gasteiger partial charge < -0.3 is 0 Å². The average Bonchev–Trinajstić information content (AvgIpc) is 3.38. The lowest BCUT2D eigenvalue weighted by molar-refractivity contribution is -0.116. The average molecular weight is 442 g/mol. The van der Waals surface area contributed by atoms with Crippen molar-refractivity contribution in [2.24, 2.45) is 7.05 Å². The number of pyridine rings is 1. The van der Waals surface area contributed by atoms with Crippen LogP contribution >= 0.6 is 0 Å². The summed E-state index contributed by atoms with van der Waals surface area (Å²) in [6.07, 6.45) is 7.62. The van der Waals surface area contributed by atoms with Crippen molar-refractivity contribution in [1.82, 2.24) is 19.4 Å². The summed E-state index contributed by atoms with van der Waals surface area (Å²) in [5.74, 6) is -1.29. The van der Waals surface area contributed by atoms with Gasteiger partial charge in [0, 0.05) is 54.2 Å². The Balaban J connectivity index is 1.64. The summed E-state index contributed by atoms with van der Waals surface area (Å²) in [6.45, 7) is 1.51. The van der Waals surface area contributed by atoms with Crippen LogP contribution in [-0.2, 0) is 18.3 Å². The van der Waals surface area contributed by atoms with Gasteiger partial charge in [-0.25, -0.2) is 13.3 Å². The SMILES string of the molecule is CC(=O)Cc1cc(-c2ccc(F)cc2F)cc(-c2cnn3cc(-c4cnn(C)c4)ccc23)c1. The number of benzene rings is 2. The first-order chi connectivity index (χ1) is 15.9. The summed E-state index contributed by atoms with van der Waals surface area (Å²) in [7, 11) is 1.86. The fourth-order valence-electron chi connectivity index (χ4n) is 4.06. The van der Waals surface area contributed by atoms with Gasteiger partial charge in [0.2, 0.25) is 0 Å². The van der Waals surface area contributed by atoms with Crippen LogP contribution in [0.3, 0.4) is 0 Å². The number of carbonyl (C=O) groups excluding carboxylic acids is 1. The predicted molar refractivity (Wildman–Crippen MR) is 123 cm³/mol. The van der Waals surface area contributed by atoms with Gasteiger partial charge in [-0.3, -0.25) is 9.48 Å². The summed E-state index contributed by atoms with van der Waals surface area (Å²) < 4.78 is 31.5. The number of hydrogen-bond donors (Lipinski definition) is 0. The lowest BCUT2D eigenvalue weighted by Crippen LogP contribution is -1.98. The summed E-state index contributed by atoms with van der Waals surface area (Å²) in [4.78, 5) is 11.8. The standard InChI is InChI=1S/C26H20F2N4O/c1-16(33)7-17-8-19(23-5-4-22(27)11-25(23)28)10-20(9-17)24-13-30-32-15-18(3-6-26(24)32)21-12-29-31(2)14-21/h3-6,8-15H,7H2,1-2H3. The molecule has 5 nitrogen and oxygen atoms in total. The molecule has 0 saturated carbocycles. The van der Waals surface area contributed by atoms with Crippen LogP contribution < -0.4 is 0 Å². The van der Waals surface area contributed by atoms with Crippen molar-refractivity contribution < 1.29 is 13.6 Å². The Morgan fingerprint density at radius 1 is 0.848 bits per heavy atom. The maximum Gasteiger partial charge on any atom is 0.134 e. The Morgan fingerprint density at radius 2 is 1.64 bits per heavy atom. The molecule has 0 saturated heterocycles. The van der Waals surface area contributed by atoms with E-state index in [1.165, 1.54) is 19.1 Å². The first-order valence-electron chi connectivity index (χ1n) is 10.4. The highest BCUT2D eigenvalue weighted by Gasteiger charge is 2.14. The van der Waals surface area contributed by atoms with Crippen molar-refractivity contribution in [2.45, 2.75) is 13.3 Å². The Labute approximate surface area is 188 Å². The molecular weight excluding hydrogens is 422 g/mol. The molecule has 2 aromatic carbocycles. The van der Waals surface area contributed by atoms with E-state index in [1.807, 2.05) is 43.7 Å². The minimum atomic E-state index is -0.651. The van der Waals surface area contributed by atoms with E-state index in [2.05, 4.69) is 10.2 Å². The van der Waals surface area contributed by atoms with Gasteiger partial charge in [0.05, 0.1) is 17.9 Å². The fraction of sp³-hybridized carbons (Fsp3) is 0.115. The van der Waals surface area contributed by atoms with Crippen LogP contribution in [0.5, 0.6) is 0 Å². The highest BCUT2D eigenvalue weighted by Crippen LogP contribution is 2.33. The van der Waals surface area contributed by atoms with E-state index >= 15 is 0 Å². The van der Waals surface area contributed by atoms with Gasteiger partial charge in [-0.2, -0.15) is 10.2 Å². The van der Waals surface area contributed by atoms with Gasteiger partial charge in [-0.05, 0) is 47.9 Å². The van der Waals surface area contributed by atoms with E-state index in [1.54, 1.807) is 27.7 Å². The second-order valence-corrected chi connectivity index (χ2v) is 8.13. The fourth-order valence-corrected chi connectivity index (χ4v) is 4.06. The molecule has 7 heteroatoms. The zero-order valence-corrected chi connectivity index (χ0v) is 18.1. The van der Waals surface area contributed by atoms with E-state index in [0.29, 0.717) is 5.56 Å². The Kier molecular flexibility index (Phi) is 5.09. The molecule has 0 radical (unpaired) electrons. The maximum atomic E-state index is 14.5. The van der Waals surface area contributed by atoms with Crippen molar-refractivity contribution in [1.29, 1.82) is 0 Å².